The fourth-order valence-corrected chi connectivity index (χ4v) is 15.7. The Kier molecular flexibility index (Phi) is 30.5. The molecular formula is C75H102N16O12S3. The van der Waals surface area contributed by atoms with Crippen LogP contribution in [-0.4, -0.2) is 243 Å². The Labute approximate surface area is 632 Å². The van der Waals surface area contributed by atoms with Crippen LogP contribution in [0.15, 0.2) is 109 Å². The zero-order valence-electron chi connectivity index (χ0n) is 60.2. The summed E-state index contributed by atoms with van der Waals surface area (Å²) in [7, 11) is 2.23. The Hall–Kier alpha value is -8.69. The molecule has 28 nitrogen and oxygen atoms in total. The summed E-state index contributed by atoms with van der Waals surface area (Å²) in [5.41, 5.74) is 17.8. The number of aromatic amines is 2. The number of aliphatic hydroxyl groups is 1. The minimum absolute atomic E-state index is 0.00877. The van der Waals surface area contributed by atoms with Gasteiger partial charge in [-0.15, -0.1) is 0 Å². The number of para-hydroxylation sites is 1. The van der Waals surface area contributed by atoms with Crippen molar-refractivity contribution in [2.45, 2.75) is 138 Å². The van der Waals surface area contributed by atoms with Crippen molar-refractivity contribution in [1.29, 1.82) is 0 Å². The van der Waals surface area contributed by atoms with E-state index >= 15 is 4.79 Å². The number of amides is 10. The highest BCUT2D eigenvalue weighted by molar-refractivity contribution is 7.99. The normalized spacial score (nSPS) is 18.6. The summed E-state index contributed by atoms with van der Waals surface area (Å²) in [4.78, 5) is 153. The third-order valence-electron chi connectivity index (χ3n) is 20.0. The fourth-order valence-electron chi connectivity index (χ4n) is 14.2. The molecule has 0 bridgehead atoms. The molecule has 4 aromatic carbocycles. The highest BCUT2D eigenvalue weighted by Gasteiger charge is 2.41. The van der Waals surface area contributed by atoms with Gasteiger partial charge in [-0.3, -0.25) is 57.7 Å². The summed E-state index contributed by atoms with van der Waals surface area (Å²) in [6.07, 6.45) is 5.18. The molecule has 2 saturated heterocycles. The molecule has 106 heavy (non-hydrogen) atoms. The molecule has 17 N–H and O–H groups in total. The SMILES string of the molecule is CC[C@H](NC(=O)[C@H](CCCCN)NC(=O)[C@@H](Cc1c[nH]c2ccccc12)NC(=O)[C@H](Cc1ccc(O)cc1)NC(=O)[C@H](CS)NC(=O)[C@@H](Cc1ccccc1)NC(=O)CN1CCN(CCNC(=O)CSC[C@@H]2C[C@@H]3c4cccc5[nH]cc(c45)C[C@H]3N(C)C2)CC1)C(=O)N[C@@H](CS)C(=O)N[C@H](C(N)=O)[C@@H](C)O. The summed E-state index contributed by atoms with van der Waals surface area (Å²) < 4.78 is 0. The number of phenols is 1. The maximum atomic E-state index is 15.0. The van der Waals surface area contributed by atoms with E-state index in [0.717, 1.165) is 41.6 Å². The first-order valence-corrected chi connectivity index (χ1v) is 38.7. The average Bonchev–Trinajstić information content (AvgIpc) is 1.48. The standard InChI is InChI=1S/C75H102N16O12S3/c1-4-54(69(97)86-62(41-105)75(103)88-67(44(2)92)68(77)96)82-70(98)57(18-10-11-24-76)83-73(101)60(34-48-36-79-55-17-9-8-15-51(48)55)85-72(100)59(33-46-20-22-50(93)23-21-46)84-74(102)61(40-104)87-71(99)58(32-45-13-6-5-7-14-45)81-64(94)39-91-29-27-90(28-30-91)26-25-78-65(95)43-106-42-47-31-53-52-16-12-19-56-66(52)49(37-80-56)35-63(53)89(3)38-47/h5-9,12-17,19-23,36-37,44,47,53-54,57-63,67,79-80,92-93,104-105H,4,10-11,18,24-35,38-43,76H2,1-3H3,(H2,77,96)(H,78,95)(H,81,94)(H,82,98)(H,83,101)(H,84,102)(H,85,100)(H,86,97)(H,87,99)(H,88,103)/t44-,47-,53-,54+,57+,58-,59+,60-,61+,62+,63-,67+/m1/s1. The molecule has 0 unspecified atom stereocenters. The molecule has 0 saturated carbocycles. The lowest BCUT2D eigenvalue weighted by atomic mass is 9.73. The number of benzene rings is 4. The first-order chi connectivity index (χ1) is 51.0. The third-order valence-corrected chi connectivity index (χ3v) is 21.9. The first kappa shape index (κ1) is 81.4. The predicted octanol–water partition coefficient (Wildman–Crippen LogP) is 0.653. The summed E-state index contributed by atoms with van der Waals surface area (Å²) in [5.74, 6) is -5.43. The number of primary amides is 1. The van der Waals surface area contributed by atoms with Crippen molar-refractivity contribution in [3.8, 4) is 5.75 Å². The number of rotatable bonds is 39. The third kappa shape index (κ3) is 22.7. The van der Waals surface area contributed by atoms with E-state index in [1.165, 1.54) is 41.1 Å². The molecule has 4 heterocycles. The van der Waals surface area contributed by atoms with Crippen LogP contribution in [-0.2, 0) is 73.6 Å². The van der Waals surface area contributed by atoms with Crippen LogP contribution in [0.2, 0.25) is 0 Å². The zero-order valence-corrected chi connectivity index (χ0v) is 62.8. The number of piperazine rings is 1. The summed E-state index contributed by atoms with van der Waals surface area (Å²) in [6, 6.07) is 18.4. The molecule has 3 aliphatic rings. The van der Waals surface area contributed by atoms with Gasteiger partial charge in [-0.25, -0.2) is 0 Å². The zero-order chi connectivity index (χ0) is 76.0. The number of unbranched alkanes of at least 4 members (excludes halogenated alkanes) is 1. The van der Waals surface area contributed by atoms with Crippen LogP contribution < -0.4 is 59.3 Å². The number of hydrogen-bond donors (Lipinski definition) is 17. The summed E-state index contributed by atoms with van der Waals surface area (Å²) in [6.45, 7) is 7.68. The van der Waals surface area contributed by atoms with E-state index in [4.69, 9.17) is 11.5 Å². The van der Waals surface area contributed by atoms with Gasteiger partial charge in [0.05, 0.1) is 18.4 Å². The Morgan fingerprint density at radius 3 is 1.83 bits per heavy atom. The number of H-pyrrole nitrogens is 2. The molecule has 6 aromatic rings. The highest BCUT2D eigenvalue weighted by Crippen LogP contribution is 2.45. The van der Waals surface area contributed by atoms with Crippen molar-refractivity contribution in [2.24, 2.45) is 17.4 Å². The molecule has 2 fully saturated rings. The maximum Gasteiger partial charge on any atom is 0.244 e. The van der Waals surface area contributed by atoms with Gasteiger partial charge in [0.1, 0.15) is 54.1 Å². The molecular weight excluding hydrogens is 1410 g/mol. The van der Waals surface area contributed by atoms with Crippen LogP contribution in [0.3, 0.4) is 0 Å². The van der Waals surface area contributed by atoms with Gasteiger partial charge in [0.15, 0.2) is 0 Å². The van der Waals surface area contributed by atoms with Crippen molar-refractivity contribution >= 4 is 118 Å². The number of fused-ring (bicyclic) bond motifs is 3. The van der Waals surface area contributed by atoms with Gasteiger partial charge in [0, 0.05) is 123 Å². The van der Waals surface area contributed by atoms with E-state index in [1.54, 1.807) is 55.2 Å². The lowest BCUT2D eigenvalue weighted by molar-refractivity contribution is -0.136. The molecule has 1 aliphatic carbocycles. The van der Waals surface area contributed by atoms with Gasteiger partial charge >= 0.3 is 0 Å². The molecule has 9 rings (SSSR count). The number of thioether (sulfide) groups is 1. The Morgan fingerprint density at radius 1 is 0.623 bits per heavy atom. The number of piperidine rings is 1. The van der Waals surface area contributed by atoms with E-state index < -0.39 is 108 Å². The lowest BCUT2D eigenvalue weighted by Crippen LogP contribution is -2.61. The second-order valence-electron chi connectivity index (χ2n) is 27.8. The monoisotopic (exact) mass is 1510 g/mol. The quantitative estimate of drug-likeness (QED) is 0.0186. The number of nitrogens with two attached hydrogens (primary N) is 2. The number of carbonyl (C=O) groups is 10. The first-order valence-electron chi connectivity index (χ1n) is 36.3. The minimum atomic E-state index is -1.47. The number of carbonyl (C=O) groups excluding carboxylic acids is 10. The molecule has 2 aromatic heterocycles. The molecule has 0 radical (unpaired) electrons. The molecule has 12 atom stereocenters. The second-order valence-corrected chi connectivity index (χ2v) is 29.5. The van der Waals surface area contributed by atoms with Gasteiger partial charge in [-0.05, 0) is 123 Å². The fraction of sp³-hybridized carbons (Fsp3) is 0.493. The van der Waals surface area contributed by atoms with Crippen molar-refractivity contribution in [3.05, 3.63) is 137 Å². The van der Waals surface area contributed by atoms with Crippen LogP contribution in [0, 0.1) is 5.92 Å². The number of nitrogens with zero attached hydrogens (tertiary/aromatic N) is 3. The molecule has 572 valence electrons. The number of phenolic OH excluding ortho intramolecular Hbond substituents is 1. The Balaban J connectivity index is 0.808. The largest absolute Gasteiger partial charge is 0.508 e. The summed E-state index contributed by atoms with van der Waals surface area (Å²) >= 11 is 10.4. The van der Waals surface area contributed by atoms with Gasteiger partial charge in [0.25, 0.3) is 0 Å². The predicted molar refractivity (Wildman–Crippen MR) is 414 cm³/mol. The van der Waals surface area contributed by atoms with Crippen molar-refractivity contribution in [3.63, 3.8) is 0 Å². The van der Waals surface area contributed by atoms with Gasteiger partial charge in [-0.1, -0.05) is 79.7 Å². The van der Waals surface area contributed by atoms with Crippen LogP contribution in [0.5, 0.6) is 5.75 Å². The molecule has 31 heteroatoms. The average molecular weight is 1520 g/mol. The molecule has 10 amide bonds. The minimum Gasteiger partial charge on any atom is -0.508 e. The highest BCUT2D eigenvalue weighted by atomic mass is 32.2. The Bertz CT molecular complexity index is 3990. The number of aromatic nitrogens is 2. The molecule has 2 aliphatic heterocycles. The number of hydrogen-bond acceptors (Lipinski definition) is 19. The van der Waals surface area contributed by atoms with Gasteiger partial charge < -0.3 is 84.4 Å². The van der Waals surface area contributed by atoms with Gasteiger partial charge in [0.2, 0.25) is 59.1 Å². The lowest BCUT2D eigenvalue weighted by Gasteiger charge is -2.45. The van der Waals surface area contributed by atoms with Crippen molar-refractivity contribution < 1.29 is 58.2 Å². The number of aliphatic hydroxyl groups excluding tert-OH is 1. The van der Waals surface area contributed by atoms with E-state index in [-0.39, 0.29) is 68.4 Å². The van der Waals surface area contributed by atoms with Crippen LogP contribution in [0.1, 0.15) is 79.7 Å². The van der Waals surface area contributed by atoms with Crippen LogP contribution >= 0.6 is 37.0 Å². The van der Waals surface area contributed by atoms with Crippen molar-refractivity contribution in [1.82, 2.24) is 72.5 Å². The molecule has 0 spiro atoms. The van der Waals surface area contributed by atoms with E-state index in [0.29, 0.717) is 86.9 Å². The van der Waals surface area contributed by atoms with Crippen LogP contribution in [0.25, 0.3) is 21.8 Å². The maximum absolute atomic E-state index is 15.0. The summed E-state index contributed by atoms with van der Waals surface area (Å²) in [5, 5.41) is 47.0. The topological polar surface area (TPSA) is 413 Å². The number of likely N-dealkylation sites (N-methyl/N-ethyl adjacent to an activating group) is 1. The Morgan fingerprint density at radius 2 is 1.18 bits per heavy atom. The van der Waals surface area contributed by atoms with Gasteiger partial charge in [-0.2, -0.15) is 37.0 Å². The van der Waals surface area contributed by atoms with Crippen LogP contribution in [0.4, 0.5) is 0 Å². The van der Waals surface area contributed by atoms with E-state index in [2.05, 4.69) is 124 Å². The number of aromatic hydroxyl groups is 1. The number of nitrogens with one attached hydrogen (secondary N) is 11. The smallest absolute Gasteiger partial charge is 0.244 e. The second kappa shape index (κ2) is 39.8. The van der Waals surface area contributed by atoms with E-state index in [1.807, 2.05) is 41.3 Å². The van der Waals surface area contributed by atoms with Crippen molar-refractivity contribution in [2.75, 3.05) is 89.0 Å². The number of thiol groups is 2. The number of likely N-dealkylation sites (tertiary alicyclic amines) is 1. The van der Waals surface area contributed by atoms with E-state index in [9.17, 15) is 53.4 Å².